The van der Waals surface area contributed by atoms with E-state index in [2.05, 4.69) is 6.58 Å². The van der Waals surface area contributed by atoms with Crippen LogP contribution in [0.3, 0.4) is 0 Å². The summed E-state index contributed by atoms with van der Waals surface area (Å²) in [7, 11) is 0. The number of carbonyl (C=O) groups is 1. The molecule has 1 saturated heterocycles. The van der Waals surface area contributed by atoms with E-state index in [1.165, 1.54) is 0 Å². The van der Waals surface area contributed by atoms with E-state index < -0.39 is 0 Å². The topological polar surface area (TPSA) is 33.5 Å². The van der Waals surface area contributed by atoms with E-state index in [-0.39, 0.29) is 11.8 Å². The number of hydrogen-bond acceptors (Lipinski definition) is 2. The molecule has 1 atom stereocenters. The number of fused-ring (bicyclic) bond motifs is 1. The Balaban J connectivity index is 1.80. The molecule has 0 aliphatic carbocycles. The minimum Gasteiger partial charge on any atom is -0.459 e. The Morgan fingerprint density at radius 3 is 3.00 bits per heavy atom. The van der Waals surface area contributed by atoms with E-state index in [4.69, 9.17) is 4.42 Å². The first-order valence-corrected chi connectivity index (χ1v) is 6.14. The molecule has 3 rings (SSSR count). The molecular formula is C15H15NO2. The highest BCUT2D eigenvalue weighted by Gasteiger charge is 2.28. The summed E-state index contributed by atoms with van der Waals surface area (Å²) in [5.41, 5.74) is 0.874. The van der Waals surface area contributed by atoms with E-state index in [1.54, 1.807) is 0 Å². The number of hydrogen-bond donors (Lipinski definition) is 0. The Kier molecular flexibility index (Phi) is 2.67. The average Bonchev–Trinajstić information content (AvgIpc) is 2.93. The van der Waals surface area contributed by atoms with Crippen LogP contribution >= 0.6 is 0 Å². The number of likely N-dealkylation sites (tertiary alicyclic amines) is 1. The molecule has 0 spiro atoms. The molecule has 1 amide bonds. The van der Waals surface area contributed by atoms with Gasteiger partial charge in [0.2, 0.25) is 5.91 Å². The van der Waals surface area contributed by atoms with Gasteiger partial charge in [-0.15, -0.1) is 6.58 Å². The highest BCUT2D eigenvalue weighted by molar-refractivity contribution is 5.80. The Morgan fingerprint density at radius 1 is 1.44 bits per heavy atom. The molecule has 2 aromatic rings. The summed E-state index contributed by atoms with van der Waals surface area (Å²) < 4.78 is 5.73. The third-order valence-corrected chi connectivity index (χ3v) is 3.40. The van der Waals surface area contributed by atoms with Crippen LogP contribution < -0.4 is 0 Å². The molecule has 1 unspecified atom stereocenters. The van der Waals surface area contributed by atoms with Gasteiger partial charge in [-0.2, -0.15) is 0 Å². The Labute approximate surface area is 106 Å². The molecule has 18 heavy (non-hydrogen) atoms. The van der Waals surface area contributed by atoms with Crippen molar-refractivity contribution in [1.29, 1.82) is 0 Å². The maximum atomic E-state index is 11.8. The van der Waals surface area contributed by atoms with Crippen molar-refractivity contribution >= 4 is 16.9 Å². The standard InChI is InChI=1S/C15H15NO2/c1-2-11-7-15(17)16(9-11)10-13-8-12-5-3-4-6-14(12)18-13/h2-6,8,11H,1,7,9-10H2. The molecular weight excluding hydrogens is 226 g/mol. The van der Waals surface area contributed by atoms with Crippen LogP contribution in [0.2, 0.25) is 0 Å². The van der Waals surface area contributed by atoms with Gasteiger partial charge in [-0.3, -0.25) is 4.79 Å². The minimum atomic E-state index is 0.181. The average molecular weight is 241 g/mol. The molecule has 92 valence electrons. The SMILES string of the molecule is C=CC1CC(=O)N(Cc2cc3ccccc3o2)C1. The van der Waals surface area contributed by atoms with Crippen LogP contribution in [-0.4, -0.2) is 17.4 Å². The third kappa shape index (κ3) is 1.92. The van der Waals surface area contributed by atoms with Gasteiger partial charge in [0.15, 0.2) is 0 Å². The van der Waals surface area contributed by atoms with Crippen LogP contribution in [0.25, 0.3) is 11.0 Å². The number of rotatable bonds is 3. The number of carbonyl (C=O) groups excluding carboxylic acids is 1. The predicted octanol–water partition coefficient (Wildman–Crippen LogP) is 2.97. The van der Waals surface area contributed by atoms with Crippen molar-refractivity contribution in [1.82, 2.24) is 4.90 Å². The van der Waals surface area contributed by atoms with Gasteiger partial charge in [0.1, 0.15) is 11.3 Å². The Morgan fingerprint density at radius 2 is 2.28 bits per heavy atom. The smallest absolute Gasteiger partial charge is 0.223 e. The van der Waals surface area contributed by atoms with E-state index in [0.29, 0.717) is 13.0 Å². The van der Waals surface area contributed by atoms with E-state index in [9.17, 15) is 4.79 Å². The summed E-state index contributed by atoms with van der Waals surface area (Å²) in [5.74, 6) is 1.30. The summed E-state index contributed by atoms with van der Waals surface area (Å²) in [5, 5.41) is 1.08. The van der Waals surface area contributed by atoms with Crippen molar-refractivity contribution in [2.24, 2.45) is 5.92 Å². The first kappa shape index (κ1) is 11.1. The van der Waals surface area contributed by atoms with Crippen molar-refractivity contribution in [2.45, 2.75) is 13.0 Å². The van der Waals surface area contributed by atoms with Crippen LogP contribution in [0.4, 0.5) is 0 Å². The van der Waals surface area contributed by atoms with Gasteiger partial charge in [0.25, 0.3) is 0 Å². The van der Waals surface area contributed by atoms with Crippen LogP contribution in [-0.2, 0) is 11.3 Å². The molecule has 0 radical (unpaired) electrons. The normalized spacial score (nSPS) is 19.7. The van der Waals surface area contributed by atoms with E-state index in [1.807, 2.05) is 41.3 Å². The summed E-state index contributed by atoms with van der Waals surface area (Å²) in [4.78, 5) is 13.6. The van der Waals surface area contributed by atoms with Gasteiger partial charge in [0.05, 0.1) is 6.54 Å². The first-order chi connectivity index (χ1) is 8.76. The van der Waals surface area contributed by atoms with Crippen molar-refractivity contribution in [3.05, 3.63) is 48.7 Å². The molecule has 3 nitrogen and oxygen atoms in total. The summed E-state index contributed by atoms with van der Waals surface area (Å²) >= 11 is 0. The fourth-order valence-corrected chi connectivity index (χ4v) is 2.42. The van der Waals surface area contributed by atoms with Crippen molar-refractivity contribution in [2.75, 3.05) is 6.54 Å². The van der Waals surface area contributed by atoms with Crippen LogP contribution in [0.15, 0.2) is 47.4 Å². The molecule has 0 bridgehead atoms. The second-order valence-electron chi connectivity index (χ2n) is 4.72. The van der Waals surface area contributed by atoms with Gasteiger partial charge in [0, 0.05) is 24.3 Å². The zero-order valence-corrected chi connectivity index (χ0v) is 10.1. The number of amides is 1. The highest BCUT2D eigenvalue weighted by atomic mass is 16.3. The Bertz CT molecular complexity index is 566. The lowest BCUT2D eigenvalue weighted by atomic mass is 10.1. The second kappa shape index (κ2) is 4.33. The van der Waals surface area contributed by atoms with Crippen LogP contribution in [0.1, 0.15) is 12.2 Å². The van der Waals surface area contributed by atoms with Crippen LogP contribution in [0, 0.1) is 5.92 Å². The van der Waals surface area contributed by atoms with Crippen molar-refractivity contribution in [3.63, 3.8) is 0 Å². The monoisotopic (exact) mass is 241 g/mol. The molecule has 3 heteroatoms. The number of furan rings is 1. The maximum Gasteiger partial charge on any atom is 0.223 e. The Hall–Kier alpha value is -2.03. The van der Waals surface area contributed by atoms with Crippen molar-refractivity contribution < 1.29 is 9.21 Å². The van der Waals surface area contributed by atoms with Crippen LogP contribution in [0.5, 0.6) is 0 Å². The highest BCUT2D eigenvalue weighted by Crippen LogP contribution is 2.24. The number of nitrogens with zero attached hydrogens (tertiary/aromatic N) is 1. The number of para-hydroxylation sites is 1. The van der Waals surface area contributed by atoms with Gasteiger partial charge < -0.3 is 9.32 Å². The molecule has 0 N–H and O–H groups in total. The molecule has 2 heterocycles. The zero-order valence-electron chi connectivity index (χ0n) is 10.1. The third-order valence-electron chi connectivity index (χ3n) is 3.40. The lowest BCUT2D eigenvalue weighted by molar-refractivity contribution is -0.128. The maximum absolute atomic E-state index is 11.8. The largest absolute Gasteiger partial charge is 0.459 e. The second-order valence-corrected chi connectivity index (χ2v) is 4.72. The first-order valence-electron chi connectivity index (χ1n) is 6.14. The van der Waals surface area contributed by atoms with Gasteiger partial charge >= 0.3 is 0 Å². The lowest BCUT2D eigenvalue weighted by Gasteiger charge is -2.13. The van der Waals surface area contributed by atoms with Gasteiger partial charge in [-0.1, -0.05) is 24.3 Å². The molecule has 1 aromatic carbocycles. The van der Waals surface area contributed by atoms with Gasteiger partial charge in [-0.05, 0) is 12.1 Å². The summed E-state index contributed by atoms with van der Waals surface area (Å²) in [6, 6.07) is 9.89. The quantitative estimate of drug-likeness (QED) is 0.774. The van der Waals surface area contributed by atoms with Crippen molar-refractivity contribution in [3.8, 4) is 0 Å². The minimum absolute atomic E-state index is 0.181. The molecule has 0 saturated carbocycles. The summed E-state index contributed by atoms with van der Waals surface area (Å²) in [6.07, 6.45) is 2.43. The number of benzene rings is 1. The molecule has 1 aliphatic rings. The fraction of sp³-hybridized carbons (Fsp3) is 0.267. The molecule has 1 aliphatic heterocycles. The fourth-order valence-electron chi connectivity index (χ4n) is 2.42. The van der Waals surface area contributed by atoms with E-state index >= 15 is 0 Å². The van der Waals surface area contributed by atoms with E-state index in [0.717, 1.165) is 23.3 Å². The molecule has 1 aromatic heterocycles. The lowest BCUT2D eigenvalue weighted by Crippen LogP contribution is -2.24. The molecule has 1 fully saturated rings. The van der Waals surface area contributed by atoms with Gasteiger partial charge in [-0.25, -0.2) is 0 Å². The zero-order chi connectivity index (χ0) is 12.5. The predicted molar refractivity (Wildman–Crippen MR) is 69.9 cm³/mol. The summed E-state index contributed by atoms with van der Waals surface area (Å²) in [6.45, 7) is 5.05.